The van der Waals surface area contributed by atoms with Gasteiger partial charge in [0.15, 0.2) is 0 Å². The van der Waals surface area contributed by atoms with Crippen LogP contribution in [0.2, 0.25) is 0 Å². The maximum absolute atomic E-state index is 13.6. The van der Waals surface area contributed by atoms with E-state index in [0.29, 0.717) is 12.1 Å². The summed E-state index contributed by atoms with van der Waals surface area (Å²) in [5.74, 6) is 0.840. The second-order valence-corrected chi connectivity index (χ2v) is 13.0. The molecule has 1 aliphatic carbocycles. The molecule has 1 aliphatic heterocycles. The fraction of sp³-hybridized carbons (Fsp3) is 0.714. The minimum absolute atomic E-state index is 0.00826. The van der Waals surface area contributed by atoms with Gasteiger partial charge < -0.3 is 14.4 Å². The van der Waals surface area contributed by atoms with Crippen molar-refractivity contribution < 1.29 is 14.4 Å². The zero-order chi connectivity index (χ0) is 25.7. The van der Waals surface area contributed by atoms with Crippen LogP contribution in [-0.2, 0) is 11.0 Å². The van der Waals surface area contributed by atoms with Crippen LogP contribution in [0.15, 0.2) is 29.1 Å². The number of benzene rings is 1. The predicted octanol–water partition coefficient (Wildman–Crippen LogP) is 5.67. The van der Waals surface area contributed by atoms with Crippen molar-refractivity contribution in [1.82, 2.24) is 14.5 Å². The summed E-state index contributed by atoms with van der Waals surface area (Å²) in [5, 5.41) is 0. The molecule has 2 aliphatic rings. The van der Waals surface area contributed by atoms with Gasteiger partial charge in [-0.1, -0.05) is 64.5 Å². The number of piperidine rings is 1. The summed E-state index contributed by atoms with van der Waals surface area (Å²) in [7, 11) is -4.21. The molecule has 1 aromatic carbocycles. The van der Waals surface area contributed by atoms with Crippen LogP contribution >= 0.6 is 7.60 Å². The van der Waals surface area contributed by atoms with E-state index < -0.39 is 7.60 Å². The third-order valence-corrected chi connectivity index (χ3v) is 9.22. The number of nitrogens with zero attached hydrogens (tertiary/aromatic N) is 3. The number of hydrogen-bond acceptors (Lipinski definition) is 4. The van der Waals surface area contributed by atoms with E-state index in [1.165, 1.54) is 44.9 Å². The van der Waals surface area contributed by atoms with Gasteiger partial charge in [-0.15, -0.1) is 0 Å². The first-order valence-electron chi connectivity index (χ1n) is 14.1. The van der Waals surface area contributed by atoms with Gasteiger partial charge in [0, 0.05) is 31.1 Å². The van der Waals surface area contributed by atoms with E-state index in [1.54, 1.807) is 0 Å². The fourth-order valence-corrected chi connectivity index (χ4v) is 7.06. The van der Waals surface area contributed by atoms with Crippen molar-refractivity contribution >= 4 is 18.6 Å². The van der Waals surface area contributed by atoms with E-state index in [9.17, 15) is 19.1 Å². The van der Waals surface area contributed by atoms with Crippen molar-refractivity contribution in [2.75, 3.05) is 12.7 Å². The molecule has 0 spiro atoms. The summed E-state index contributed by atoms with van der Waals surface area (Å²) in [4.78, 5) is 39.7. The first-order valence-corrected chi connectivity index (χ1v) is 15.9. The van der Waals surface area contributed by atoms with Crippen LogP contribution in [0.25, 0.3) is 11.0 Å². The van der Waals surface area contributed by atoms with Crippen LogP contribution in [0.4, 0.5) is 0 Å². The van der Waals surface area contributed by atoms with E-state index in [2.05, 4.69) is 23.7 Å². The Hall–Kier alpha value is -1.53. The highest BCUT2D eigenvalue weighted by Crippen LogP contribution is 2.36. The molecule has 1 aromatic heterocycles. The van der Waals surface area contributed by atoms with Crippen LogP contribution in [-0.4, -0.2) is 49.0 Å². The summed E-state index contributed by atoms with van der Waals surface area (Å²) >= 11 is 0. The molecule has 0 radical (unpaired) electrons. The summed E-state index contributed by atoms with van der Waals surface area (Å²) in [6, 6.07) is 8.85. The molecule has 0 bridgehead atoms. The minimum atomic E-state index is -4.21. The second kappa shape index (κ2) is 12.3. The molecule has 4 atom stereocenters. The lowest BCUT2D eigenvalue weighted by Gasteiger charge is -2.45. The minimum Gasteiger partial charge on any atom is -0.324 e. The molecular formula is C28H44N3O4P. The van der Waals surface area contributed by atoms with Crippen LogP contribution in [0, 0.1) is 5.92 Å². The van der Waals surface area contributed by atoms with Gasteiger partial charge in [0.1, 0.15) is 5.69 Å². The molecule has 2 heterocycles. The van der Waals surface area contributed by atoms with Crippen LogP contribution in [0.1, 0.15) is 96.2 Å². The lowest BCUT2D eigenvalue weighted by Crippen LogP contribution is -2.49. The molecule has 0 amide bonds. The van der Waals surface area contributed by atoms with E-state index in [4.69, 9.17) is 0 Å². The van der Waals surface area contributed by atoms with Gasteiger partial charge in [-0.2, -0.15) is 0 Å². The number of fused-ring (bicyclic) bond motifs is 1. The number of aromatic nitrogens is 2. The molecular weight excluding hydrogens is 473 g/mol. The highest BCUT2D eigenvalue weighted by molar-refractivity contribution is 7.51. The number of likely N-dealkylation sites (tertiary alicyclic amines) is 1. The monoisotopic (exact) mass is 517 g/mol. The maximum Gasteiger partial charge on any atom is 0.325 e. The van der Waals surface area contributed by atoms with Gasteiger partial charge >= 0.3 is 7.60 Å². The van der Waals surface area contributed by atoms with Gasteiger partial charge in [0.25, 0.3) is 5.56 Å². The van der Waals surface area contributed by atoms with Crippen molar-refractivity contribution in [2.45, 2.75) is 109 Å². The topological polar surface area (TPSA) is 95.7 Å². The fourth-order valence-electron chi connectivity index (χ4n) is 6.56. The van der Waals surface area contributed by atoms with Crippen molar-refractivity contribution in [1.29, 1.82) is 0 Å². The Labute approximate surface area is 215 Å². The molecule has 200 valence electrons. The molecule has 1 saturated heterocycles. The number of rotatable bonds is 7. The molecule has 4 rings (SSSR count). The van der Waals surface area contributed by atoms with Gasteiger partial charge in [0.2, 0.25) is 0 Å². The number of hydrogen-bond donors (Lipinski definition) is 2. The van der Waals surface area contributed by atoms with Gasteiger partial charge in [-0.25, -0.2) is 4.98 Å². The number of aryl methyl sites for hydroxylation is 1. The summed E-state index contributed by atoms with van der Waals surface area (Å²) in [5.41, 5.74) is 1.62. The first-order chi connectivity index (χ1) is 17.3. The zero-order valence-corrected chi connectivity index (χ0v) is 22.9. The van der Waals surface area contributed by atoms with Crippen molar-refractivity contribution in [3.05, 3.63) is 40.3 Å². The summed E-state index contributed by atoms with van der Waals surface area (Å²) in [6.07, 6.45) is 12.9. The van der Waals surface area contributed by atoms with Crippen LogP contribution < -0.4 is 5.56 Å². The molecule has 2 fully saturated rings. The second-order valence-electron chi connectivity index (χ2n) is 11.2. The zero-order valence-electron chi connectivity index (χ0n) is 22.0. The largest absolute Gasteiger partial charge is 0.325 e. The lowest BCUT2D eigenvalue weighted by molar-refractivity contribution is 0.0548. The Bertz CT molecular complexity index is 1110. The van der Waals surface area contributed by atoms with Crippen molar-refractivity contribution in [3.8, 4) is 0 Å². The quantitative estimate of drug-likeness (QED) is 0.460. The Morgan fingerprint density at radius 3 is 2.53 bits per heavy atom. The summed E-state index contributed by atoms with van der Waals surface area (Å²) < 4.78 is 13.4. The van der Waals surface area contributed by atoms with Crippen molar-refractivity contribution in [3.63, 3.8) is 0 Å². The van der Waals surface area contributed by atoms with Gasteiger partial charge in [0.05, 0.1) is 17.2 Å². The molecule has 2 aromatic rings. The van der Waals surface area contributed by atoms with Crippen LogP contribution in [0.3, 0.4) is 0 Å². The average Bonchev–Trinajstić information content (AvgIpc) is 2.94. The van der Waals surface area contributed by atoms with E-state index in [1.807, 2.05) is 28.8 Å². The highest BCUT2D eigenvalue weighted by atomic mass is 31.2. The smallest absolute Gasteiger partial charge is 0.324 e. The SMILES string of the molecule is CCC[C@@H]1C[C@H](n2c(=O)c(CCP(=O)(O)O)nc3ccccc32)CCN1[C@@H]1CCCC[C@@H](C)CCC1. The third kappa shape index (κ3) is 6.86. The standard InChI is InChI=1S/C28H44N3O4P/c1-3-9-23-20-24(16-18-30(23)22-12-5-4-10-21(2)11-8-13-22)31-27-15-7-6-14-25(27)29-26(28(31)32)17-19-36(33,34)35/h6-7,14-15,21-24H,3-5,8-13,16-20H2,1-2H3,(H2,33,34,35)/t21-,22-,23-,24-/m1/s1. The Kier molecular flexibility index (Phi) is 9.43. The molecule has 1 saturated carbocycles. The molecule has 36 heavy (non-hydrogen) atoms. The summed E-state index contributed by atoms with van der Waals surface area (Å²) in [6.45, 7) is 5.65. The highest BCUT2D eigenvalue weighted by Gasteiger charge is 2.34. The van der Waals surface area contributed by atoms with Crippen molar-refractivity contribution in [2.24, 2.45) is 5.92 Å². The third-order valence-electron chi connectivity index (χ3n) is 8.41. The Morgan fingerprint density at radius 2 is 1.75 bits per heavy atom. The normalized spacial score (nSPS) is 26.9. The predicted molar refractivity (Wildman–Crippen MR) is 146 cm³/mol. The van der Waals surface area contributed by atoms with Crippen LogP contribution in [0.5, 0.6) is 0 Å². The molecule has 0 unspecified atom stereocenters. The number of para-hydroxylation sites is 2. The molecule has 8 heteroatoms. The Morgan fingerprint density at radius 1 is 1.03 bits per heavy atom. The molecule has 7 nitrogen and oxygen atoms in total. The Balaban J connectivity index is 1.61. The van der Waals surface area contributed by atoms with Gasteiger partial charge in [-0.05, 0) is 50.2 Å². The lowest BCUT2D eigenvalue weighted by atomic mass is 9.89. The van der Waals surface area contributed by atoms with E-state index in [0.717, 1.165) is 49.2 Å². The molecule has 2 N–H and O–H groups in total. The first kappa shape index (κ1) is 27.5. The average molecular weight is 518 g/mol. The maximum atomic E-state index is 13.6. The van der Waals surface area contributed by atoms with E-state index >= 15 is 0 Å². The van der Waals surface area contributed by atoms with Gasteiger partial charge in [-0.3, -0.25) is 14.3 Å². The van der Waals surface area contributed by atoms with E-state index in [-0.39, 0.29) is 29.9 Å².